The zero-order valence-electron chi connectivity index (χ0n) is 10.3. The highest BCUT2D eigenvalue weighted by Crippen LogP contribution is 2.28. The second kappa shape index (κ2) is 5.43. The highest BCUT2D eigenvalue weighted by atomic mass is 19.4. The second-order valence-corrected chi connectivity index (χ2v) is 4.08. The Morgan fingerprint density at radius 1 is 1.05 bits per heavy atom. The maximum absolute atomic E-state index is 13.6. The Labute approximate surface area is 116 Å². The van der Waals surface area contributed by atoms with Crippen molar-refractivity contribution in [2.75, 3.05) is 0 Å². The fourth-order valence-corrected chi connectivity index (χ4v) is 1.74. The van der Waals surface area contributed by atoms with E-state index in [1.807, 2.05) is 0 Å². The van der Waals surface area contributed by atoms with Crippen LogP contribution in [0.15, 0.2) is 42.5 Å². The zero-order valence-corrected chi connectivity index (χ0v) is 10.3. The maximum Gasteiger partial charge on any atom is 0.573 e. The molecule has 0 unspecified atom stereocenters. The van der Waals surface area contributed by atoms with Crippen LogP contribution in [0.3, 0.4) is 0 Å². The summed E-state index contributed by atoms with van der Waals surface area (Å²) >= 11 is 0. The van der Waals surface area contributed by atoms with Crippen molar-refractivity contribution >= 4 is 5.97 Å². The molecule has 2 aromatic rings. The van der Waals surface area contributed by atoms with Gasteiger partial charge in [-0.3, -0.25) is 0 Å². The van der Waals surface area contributed by atoms with Gasteiger partial charge in [0.25, 0.3) is 0 Å². The Morgan fingerprint density at radius 3 is 2.29 bits per heavy atom. The summed E-state index contributed by atoms with van der Waals surface area (Å²) in [7, 11) is 0. The lowest BCUT2D eigenvalue weighted by Gasteiger charge is -2.10. The molecule has 0 radical (unpaired) electrons. The van der Waals surface area contributed by atoms with Crippen LogP contribution >= 0.6 is 0 Å². The molecule has 110 valence electrons. The van der Waals surface area contributed by atoms with Crippen molar-refractivity contribution in [3.05, 3.63) is 53.8 Å². The molecule has 0 aliphatic rings. The van der Waals surface area contributed by atoms with Gasteiger partial charge >= 0.3 is 12.3 Å². The molecular formula is C14H8F4O3. The third-order valence-electron chi connectivity index (χ3n) is 2.60. The van der Waals surface area contributed by atoms with Crippen LogP contribution < -0.4 is 4.74 Å². The van der Waals surface area contributed by atoms with Crippen LogP contribution in [0.5, 0.6) is 5.75 Å². The van der Waals surface area contributed by atoms with E-state index >= 15 is 0 Å². The number of carboxylic acid groups (broad SMARTS) is 1. The SMILES string of the molecule is O=C(O)c1ccc(-c2cccc(OC(F)(F)F)c2)cc1F. The number of alkyl halides is 3. The predicted octanol–water partition coefficient (Wildman–Crippen LogP) is 4.09. The minimum absolute atomic E-state index is 0.241. The normalized spacial score (nSPS) is 11.2. The third-order valence-corrected chi connectivity index (χ3v) is 2.60. The fourth-order valence-electron chi connectivity index (χ4n) is 1.74. The fraction of sp³-hybridized carbons (Fsp3) is 0.0714. The highest BCUT2D eigenvalue weighted by Gasteiger charge is 2.31. The van der Waals surface area contributed by atoms with Crippen LogP contribution in [0.25, 0.3) is 11.1 Å². The van der Waals surface area contributed by atoms with E-state index in [1.165, 1.54) is 18.2 Å². The maximum atomic E-state index is 13.6. The quantitative estimate of drug-likeness (QED) is 0.868. The molecule has 7 heteroatoms. The van der Waals surface area contributed by atoms with Gasteiger partial charge in [-0.05, 0) is 35.4 Å². The van der Waals surface area contributed by atoms with Gasteiger partial charge in [0, 0.05) is 0 Å². The largest absolute Gasteiger partial charge is 0.573 e. The summed E-state index contributed by atoms with van der Waals surface area (Å²) < 4.78 is 53.7. The first-order valence-electron chi connectivity index (χ1n) is 5.65. The summed E-state index contributed by atoms with van der Waals surface area (Å²) in [5.74, 6) is -2.84. The lowest BCUT2D eigenvalue weighted by atomic mass is 10.0. The van der Waals surface area contributed by atoms with E-state index in [2.05, 4.69) is 4.74 Å². The van der Waals surface area contributed by atoms with Crippen molar-refractivity contribution in [1.82, 2.24) is 0 Å². The molecule has 0 atom stereocenters. The van der Waals surface area contributed by atoms with Gasteiger partial charge in [-0.25, -0.2) is 9.18 Å². The van der Waals surface area contributed by atoms with Gasteiger partial charge in [0.1, 0.15) is 11.6 Å². The smallest absolute Gasteiger partial charge is 0.478 e. The van der Waals surface area contributed by atoms with E-state index in [9.17, 15) is 22.4 Å². The van der Waals surface area contributed by atoms with Crippen LogP contribution in [0.2, 0.25) is 0 Å². The van der Waals surface area contributed by atoms with Gasteiger partial charge in [0.2, 0.25) is 0 Å². The van der Waals surface area contributed by atoms with Gasteiger partial charge in [-0.1, -0.05) is 18.2 Å². The monoisotopic (exact) mass is 300 g/mol. The average molecular weight is 300 g/mol. The zero-order chi connectivity index (χ0) is 15.6. The Morgan fingerprint density at radius 2 is 1.71 bits per heavy atom. The second-order valence-electron chi connectivity index (χ2n) is 4.08. The molecule has 0 aliphatic heterocycles. The van der Waals surface area contributed by atoms with Crippen LogP contribution in [0, 0.1) is 5.82 Å². The van der Waals surface area contributed by atoms with E-state index in [4.69, 9.17) is 5.11 Å². The van der Waals surface area contributed by atoms with Crippen LogP contribution in [0.4, 0.5) is 17.6 Å². The van der Waals surface area contributed by atoms with Crippen molar-refractivity contribution in [3.8, 4) is 16.9 Å². The molecule has 0 saturated heterocycles. The first kappa shape index (κ1) is 14.8. The number of aromatic carboxylic acids is 1. The number of halogens is 4. The summed E-state index contributed by atoms with van der Waals surface area (Å²) in [5.41, 5.74) is -0.000778. The number of hydrogen-bond acceptors (Lipinski definition) is 2. The van der Waals surface area contributed by atoms with Gasteiger partial charge in [0.05, 0.1) is 5.56 Å². The molecule has 0 saturated carbocycles. The molecule has 0 spiro atoms. The standard InChI is InChI=1S/C14H8F4O3/c15-12-7-9(4-5-11(12)13(19)20)8-2-1-3-10(6-8)21-14(16,17)18/h1-7H,(H,19,20). The molecule has 0 amide bonds. The van der Waals surface area contributed by atoms with Crippen molar-refractivity contribution in [2.24, 2.45) is 0 Å². The summed E-state index contributed by atoms with van der Waals surface area (Å²) in [4.78, 5) is 10.7. The van der Waals surface area contributed by atoms with Crippen molar-refractivity contribution in [3.63, 3.8) is 0 Å². The number of hydrogen-bond donors (Lipinski definition) is 1. The Kier molecular flexibility index (Phi) is 3.84. The number of carbonyl (C=O) groups is 1. The van der Waals surface area contributed by atoms with Crippen LogP contribution in [-0.4, -0.2) is 17.4 Å². The summed E-state index contributed by atoms with van der Waals surface area (Å²) in [6.07, 6.45) is -4.82. The van der Waals surface area contributed by atoms with Gasteiger partial charge in [-0.15, -0.1) is 13.2 Å². The van der Waals surface area contributed by atoms with Crippen molar-refractivity contribution < 1.29 is 32.2 Å². The lowest BCUT2D eigenvalue weighted by molar-refractivity contribution is -0.274. The number of rotatable bonds is 3. The minimum atomic E-state index is -4.82. The number of benzene rings is 2. The first-order valence-corrected chi connectivity index (χ1v) is 5.65. The average Bonchev–Trinajstić information content (AvgIpc) is 2.36. The Hall–Kier alpha value is -2.57. The molecule has 0 fully saturated rings. The van der Waals surface area contributed by atoms with E-state index in [0.29, 0.717) is 0 Å². The number of carboxylic acids is 1. The molecule has 0 heterocycles. The summed E-state index contributed by atoms with van der Waals surface area (Å²) in [6.45, 7) is 0. The predicted molar refractivity (Wildman–Crippen MR) is 65.5 cm³/mol. The van der Waals surface area contributed by atoms with Crippen LogP contribution in [0.1, 0.15) is 10.4 Å². The van der Waals surface area contributed by atoms with Crippen molar-refractivity contribution in [2.45, 2.75) is 6.36 Å². The molecule has 2 aromatic carbocycles. The lowest BCUT2D eigenvalue weighted by Crippen LogP contribution is -2.17. The molecule has 1 N–H and O–H groups in total. The molecular weight excluding hydrogens is 292 g/mol. The minimum Gasteiger partial charge on any atom is -0.478 e. The number of ether oxygens (including phenoxy) is 1. The first-order chi connectivity index (χ1) is 9.76. The molecule has 2 rings (SSSR count). The summed E-state index contributed by atoms with van der Waals surface area (Å²) in [6, 6.07) is 8.26. The van der Waals surface area contributed by atoms with Gasteiger partial charge < -0.3 is 9.84 Å². The molecule has 0 bridgehead atoms. The summed E-state index contributed by atoms with van der Waals surface area (Å²) in [5, 5.41) is 8.71. The molecule has 21 heavy (non-hydrogen) atoms. The molecule has 0 aromatic heterocycles. The topological polar surface area (TPSA) is 46.5 Å². The Bertz CT molecular complexity index is 680. The Balaban J connectivity index is 2.36. The van der Waals surface area contributed by atoms with Gasteiger partial charge in [0.15, 0.2) is 0 Å². The van der Waals surface area contributed by atoms with E-state index < -0.39 is 29.5 Å². The van der Waals surface area contributed by atoms with Crippen molar-refractivity contribution in [1.29, 1.82) is 0 Å². The van der Waals surface area contributed by atoms with Crippen LogP contribution in [-0.2, 0) is 0 Å². The molecule has 0 aliphatic carbocycles. The third kappa shape index (κ3) is 3.71. The van der Waals surface area contributed by atoms with Gasteiger partial charge in [-0.2, -0.15) is 0 Å². The van der Waals surface area contributed by atoms with E-state index in [-0.39, 0.29) is 11.1 Å². The van der Waals surface area contributed by atoms with E-state index in [0.717, 1.165) is 24.3 Å². The molecule has 3 nitrogen and oxygen atoms in total. The van der Waals surface area contributed by atoms with E-state index in [1.54, 1.807) is 0 Å². The highest BCUT2D eigenvalue weighted by molar-refractivity contribution is 5.88.